The summed E-state index contributed by atoms with van der Waals surface area (Å²) in [5.41, 5.74) is 2.85. The summed E-state index contributed by atoms with van der Waals surface area (Å²) < 4.78 is 6.69. The van der Waals surface area contributed by atoms with Crippen LogP contribution in [0, 0.1) is 0 Å². The summed E-state index contributed by atoms with van der Waals surface area (Å²) in [7, 11) is 0. The van der Waals surface area contributed by atoms with Gasteiger partial charge >= 0.3 is 0 Å². The molecule has 4 aromatic rings. The van der Waals surface area contributed by atoms with Gasteiger partial charge in [-0.25, -0.2) is 4.98 Å². The zero-order valence-corrected chi connectivity index (χ0v) is 18.0. The van der Waals surface area contributed by atoms with E-state index in [1.807, 2.05) is 67.6 Å². The van der Waals surface area contributed by atoms with Crippen molar-refractivity contribution in [3.63, 3.8) is 0 Å². The minimum Gasteiger partial charge on any atom is -0.325 e. The molecule has 8 heteroatoms. The Hall–Kier alpha value is -2.97. The van der Waals surface area contributed by atoms with Crippen LogP contribution in [0.2, 0.25) is 0 Å². The summed E-state index contributed by atoms with van der Waals surface area (Å²) >= 11 is 2.44. The standard InChI is InChI=1S/C22H20N4O2S2/c1-2-13-26-21(28)20-19(18(25-30-20)15-9-5-3-6-10-15)24-22(26)29-14-17(27)23-16-11-7-4-8-12-16/h3-12H,2,13-14H2,1H3,(H,23,27). The first-order valence-electron chi connectivity index (χ1n) is 9.60. The number of amides is 1. The molecule has 4 rings (SSSR count). The molecule has 1 amide bonds. The Balaban J connectivity index is 1.66. The molecule has 2 aromatic heterocycles. The molecule has 0 unspecified atom stereocenters. The fourth-order valence-corrected chi connectivity index (χ4v) is 4.67. The van der Waals surface area contributed by atoms with Crippen molar-refractivity contribution >= 4 is 45.1 Å². The van der Waals surface area contributed by atoms with Crippen molar-refractivity contribution in [3.05, 3.63) is 71.0 Å². The van der Waals surface area contributed by atoms with Crippen LogP contribution in [0.5, 0.6) is 0 Å². The molecule has 6 nitrogen and oxygen atoms in total. The van der Waals surface area contributed by atoms with E-state index in [0.29, 0.717) is 27.6 Å². The van der Waals surface area contributed by atoms with Crippen LogP contribution >= 0.6 is 23.3 Å². The third kappa shape index (κ3) is 4.29. The van der Waals surface area contributed by atoms with Crippen molar-refractivity contribution in [3.8, 4) is 11.3 Å². The number of rotatable bonds is 7. The molecule has 0 aliphatic heterocycles. The number of hydrogen-bond donors (Lipinski definition) is 1. The maximum Gasteiger partial charge on any atom is 0.273 e. The van der Waals surface area contributed by atoms with Crippen LogP contribution in [0.4, 0.5) is 5.69 Å². The lowest BCUT2D eigenvalue weighted by molar-refractivity contribution is -0.113. The number of fused-ring (bicyclic) bond motifs is 1. The second-order valence-corrected chi connectivity index (χ2v) is 8.34. The van der Waals surface area contributed by atoms with E-state index in [4.69, 9.17) is 4.98 Å². The van der Waals surface area contributed by atoms with Crippen LogP contribution in [-0.2, 0) is 11.3 Å². The lowest BCUT2D eigenvalue weighted by Gasteiger charge is -2.11. The number of benzene rings is 2. The molecule has 0 spiro atoms. The highest BCUT2D eigenvalue weighted by atomic mass is 32.2. The number of thioether (sulfide) groups is 1. The average molecular weight is 437 g/mol. The first-order valence-corrected chi connectivity index (χ1v) is 11.4. The van der Waals surface area contributed by atoms with Crippen molar-refractivity contribution < 1.29 is 4.79 Å². The summed E-state index contributed by atoms with van der Waals surface area (Å²) in [6.07, 6.45) is 0.793. The summed E-state index contributed by atoms with van der Waals surface area (Å²) in [4.78, 5) is 30.2. The van der Waals surface area contributed by atoms with Crippen LogP contribution in [0.3, 0.4) is 0 Å². The van der Waals surface area contributed by atoms with E-state index < -0.39 is 0 Å². The average Bonchev–Trinajstić information content (AvgIpc) is 3.20. The van der Waals surface area contributed by atoms with E-state index in [2.05, 4.69) is 9.69 Å². The van der Waals surface area contributed by atoms with Crippen molar-refractivity contribution in [2.24, 2.45) is 0 Å². The van der Waals surface area contributed by atoms with E-state index in [1.54, 1.807) is 4.57 Å². The van der Waals surface area contributed by atoms with E-state index >= 15 is 0 Å². The zero-order valence-electron chi connectivity index (χ0n) is 16.4. The number of nitrogens with one attached hydrogen (secondary N) is 1. The van der Waals surface area contributed by atoms with E-state index in [-0.39, 0.29) is 17.2 Å². The molecule has 30 heavy (non-hydrogen) atoms. The van der Waals surface area contributed by atoms with Crippen molar-refractivity contribution in [1.29, 1.82) is 0 Å². The van der Waals surface area contributed by atoms with Crippen molar-refractivity contribution in [2.45, 2.75) is 25.0 Å². The van der Waals surface area contributed by atoms with Crippen molar-refractivity contribution in [1.82, 2.24) is 13.9 Å². The summed E-state index contributed by atoms with van der Waals surface area (Å²) in [6.45, 7) is 2.55. The molecular weight excluding hydrogens is 416 g/mol. The highest BCUT2D eigenvalue weighted by Crippen LogP contribution is 2.29. The molecule has 0 radical (unpaired) electrons. The molecule has 0 fully saturated rings. The predicted molar refractivity (Wildman–Crippen MR) is 123 cm³/mol. The first-order chi connectivity index (χ1) is 14.7. The van der Waals surface area contributed by atoms with Gasteiger partial charge in [-0.2, -0.15) is 4.37 Å². The maximum atomic E-state index is 13.1. The van der Waals surface area contributed by atoms with Gasteiger partial charge in [0.15, 0.2) is 5.16 Å². The summed E-state index contributed by atoms with van der Waals surface area (Å²) in [5, 5.41) is 3.40. The Morgan fingerprint density at radius 3 is 2.50 bits per heavy atom. The van der Waals surface area contributed by atoms with Gasteiger partial charge in [-0.3, -0.25) is 14.2 Å². The molecule has 0 atom stereocenters. The molecule has 0 bridgehead atoms. The predicted octanol–water partition coefficient (Wildman–Crippen LogP) is 4.66. The highest BCUT2D eigenvalue weighted by molar-refractivity contribution is 7.99. The smallest absolute Gasteiger partial charge is 0.273 e. The molecule has 1 N–H and O–H groups in total. The van der Waals surface area contributed by atoms with Gasteiger partial charge in [-0.15, -0.1) is 0 Å². The Labute approximate surface area is 182 Å². The molecule has 0 saturated heterocycles. The van der Waals surface area contributed by atoms with Crippen molar-refractivity contribution in [2.75, 3.05) is 11.1 Å². The van der Waals surface area contributed by atoms with Gasteiger partial charge in [-0.1, -0.05) is 67.2 Å². The largest absolute Gasteiger partial charge is 0.325 e. The Morgan fingerprint density at radius 1 is 1.10 bits per heavy atom. The van der Waals surface area contributed by atoms with Gasteiger partial charge in [0.05, 0.1) is 5.75 Å². The highest BCUT2D eigenvalue weighted by Gasteiger charge is 2.18. The van der Waals surface area contributed by atoms with Gasteiger partial charge in [0.25, 0.3) is 5.56 Å². The van der Waals surface area contributed by atoms with Crippen LogP contribution in [0.25, 0.3) is 21.5 Å². The van der Waals surface area contributed by atoms with E-state index in [0.717, 1.165) is 17.7 Å². The van der Waals surface area contributed by atoms with Gasteiger partial charge in [-0.05, 0) is 30.1 Å². The SMILES string of the molecule is CCCn1c(SCC(=O)Nc2ccccc2)nc2c(-c3ccccc3)nsc2c1=O. The minimum absolute atomic E-state index is 0.104. The normalized spacial score (nSPS) is 11.0. The zero-order chi connectivity index (χ0) is 20.9. The first kappa shape index (κ1) is 20.3. The molecule has 152 valence electrons. The van der Waals surface area contributed by atoms with Crippen LogP contribution in [-0.4, -0.2) is 25.6 Å². The second kappa shape index (κ2) is 9.23. The third-order valence-electron chi connectivity index (χ3n) is 4.43. The van der Waals surface area contributed by atoms with Gasteiger partial charge < -0.3 is 5.32 Å². The number of hydrogen-bond acceptors (Lipinski definition) is 6. The molecular formula is C22H20N4O2S2. The maximum absolute atomic E-state index is 13.1. The fraction of sp³-hybridized carbons (Fsp3) is 0.182. The quantitative estimate of drug-likeness (QED) is 0.337. The number of aromatic nitrogens is 3. The molecule has 2 heterocycles. The number of para-hydroxylation sites is 1. The molecule has 0 aliphatic carbocycles. The van der Waals surface area contributed by atoms with Gasteiger partial charge in [0, 0.05) is 17.8 Å². The Morgan fingerprint density at radius 2 is 1.80 bits per heavy atom. The van der Waals surface area contributed by atoms with Crippen LogP contribution in [0.1, 0.15) is 13.3 Å². The summed E-state index contributed by atoms with van der Waals surface area (Å²) in [5.74, 6) is 0.0183. The fourth-order valence-electron chi connectivity index (χ4n) is 3.06. The Kier molecular flexibility index (Phi) is 6.25. The van der Waals surface area contributed by atoms with Gasteiger partial charge in [0.2, 0.25) is 5.91 Å². The number of anilines is 1. The Bertz CT molecular complexity index is 1220. The molecule has 0 aliphatic rings. The minimum atomic E-state index is -0.143. The van der Waals surface area contributed by atoms with Gasteiger partial charge in [0.1, 0.15) is 15.9 Å². The molecule has 0 saturated carbocycles. The second-order valence-electron chi connectivity index (χ2n) is 6.63. The molecule has 2 aromatic carbocycles. The third-order valence-corrected chi connectivity index (χ3v) is 6.23. The van der Waals surface area contributed by atoms with E-state index in [1.165, 1.54) is 23.3 Å². The monoisotopic (exact) mass is 436 g/mol. The number of carbonyl (C=O) groups is 1. The lowest BCUT2D eigenvalue weighted by Crippen LogP contribution is -2.23. The van der Waals surface area contributed by atoms with Crippen LogP contribution in [0.15, 0.2) is 70.6 Å². The lowest BCUT2D eigenvalue weighted by atomic mass is 10.1. The number of nitrogens with zero attached hydrogens (tertiary/aromatic N) is 3. The number of carbonyl (C=O) groups excluding carboxylic acids is 1. The topological polar surface area (TPSA) is 76.9 Å². The summed E-state index contributed by atoms with van der Waals surface area (Å²) in [6, 6.07) is 19.0. The van der Waals surface area contributed by atoms with E-state index in [9.17, 15) is 9.59 Å². The van der Waals surface area contributed by atoms with Crippen LogP contribution < -0.4 is 10.9 Å².